The maximum absolute atomic E-state index is 11.3. The molecule has 2 aliphatic rings. The summed E-state index contributed by atoms with van der Waals surface area (Å²) in [5, 5.41) is 6.32. The molecule has 0 bridgehead atoms. The average molecular weight is 198 g/mol. The molecule has 1 amide bonds. The van der Waals surface area contributed by atoms with Crippen LogP contribution in [-0.2, 0) is 9.53 Å². The van der Waals surface area contributed by atoms with Crippen LogP contribution in [0.3, 0.4) is 0 Å². The summed E-state index contributed by atoms with van der Waals surface area (Å²) in [5.41, 5.74) is 0. The van der Waals surface area contributed by atoms with Gasteiger partial charge in [0.25, 0.3) is 0 Å². The molecule has 0 spiro atoms. The Kier molecular flexibility index (Phi) is 3.37. The summed E-state index contributed by atoms with van der Waals surface area (Å²) in [5.74, 6) is 0.208. The average Bonchev–Trinajstić information content (AvgIpc) is 2.84. The summed E-state index contributed by atoms with van der Waals surface area (Å²) in [7, 11) is 0. The van der Waals surface area contributed by atoms with Crippen LogP contribution in [0.2, 0.25) is 0 Å². The van der Waals surface area contributed by atoms with Crippen molar-refractivity contribution in [2.45, 2.75) is 37.8 Å². The number of hydrogen-bond donors (Lipinski definition) is 2. The molecule has 0 radical (unpaired) electrons. The fourth-order valence-electron chi connectivity index (χ4n) is 1.44. The Balaban J connectivity index is 1.42. The minimum absolute atomic E-state index is 0.208. The van der Waals surface area contributed by atoms with E-state index in [1.807, 2.05) is 0 Å². The molecule has 1 aliphatic carbocycles. The first-order valence-electron chi connectivity index (χ1n) is 5.45. The molecule has 0 aromatic heterocycles. The van der Waals surface area contributed by atoms with E-state index in [9.17, 15) is 4.79 Å². The molecule has 4 nitrogen and oxygen atoms in total. The second-order valence-corrected chi connectivity index (χ2v) is 4.13. The van der Waals surface area contributed by atoms with E-state index in [1.54, 1.807) is 0 Å². The maximum atomic E-state index is 11.3. The third kappa shape index (κ3) is 3.27. The molecule has 4 heteroatoms. The minimum atomic E-state index is 0.208. The summed E-state index contributed by atoms with van der Waals surface area (Å²) in [6.07, 6.45) is 3.92. The first-order chi connectivity index (χ1) is 6.84. The highest BCUT2D eigenvalue weighted by Crippen LogP contribution is 2.18. The van der Waals surface area contributed by atoms with Gasteiger partial charge in [-0.05, 0) is 25.8 Å². The number of rotatable bonds is 6. The topological polar surface area (TPSA) is 50.4 Å². The quantitative estimate of drug-likeness (QED) is 0.592. The Morgan fingerprint density at radius 2 is 2.07 bits per heavy atom. The zero-order chi connectivity index (χ0) is 9.80. The molecule has 0 aromatic carbocycles. The monoisotopic (exact) mass is 198 g/mol. The number of amides is 1. The van der Waals surface area contributed by atoms with Crippen LogP contribution in [0.5, 0.6) is 0 Å². The van der Waals surface area contributed by atoms with Crippen molar-refractivity contribution < 1.29 is 9.53 Å². The first-order valence-corrected chi connectivity index (χ1v) is 5.45. The van der Waals surface area contributed by atoms with Gasteiger partial charge in [-0.15, -0.1) is 0 Å². The molecule has 2 N–H and O–H groups in total. The van der Waals surface area contributed by atoms with Crippen LogP contribution in [0.4, 0.5) is 0 Å². The first kappa shape index (κ1) is 9.93. The van der Waals surface area contributed by atoms with Crippen LogP contribution in [-0.4, -0.2) is 37.7 Å². The van der Waals surface area contributed by atoms with Gasteiger partial charge in [-0.1, -0.05) is 0 Å². The lowest BCUT2D eigenvalue weighted by atomic mass is 10.2. The largest absolute Gasteiger partial charge is 0.378 e. The van der Waals surface area contributed by atoms with Gasteiger partial charge in [0.2, 0.25) is 5.91 Å². The Hall–Kier alpha value is -0.610. The van der Waals surface area contributed by atoms with Gasteiger partial charge in [0, 0.05) is 12.5 Å². The van der Waals surface area contributed by atoms with Gasteiger partial charge in [-0.2, -0.15) is 0 Å². The molecule has 1 heterocycles. The zero-order valence-electron chi connectivity index (χ0n) is 8.42. The van der Waals surface area contributed by atoms with E-state index >= 15 is 0 Å². The van der Waals surface area contributed by atoms with Crippen LogP contribution >= 0.6 is 0 Å². The molecule has 80 valence electrons. The molecular formula is C10H18N2O2. The SMILES string of the molecule is O=C(CCCNC1COC1)NC1CC1. The lowest BCUT2D eigenvalue weighted by molar-refractivity contribution is -0.121. The van der Waals surface area contributed by atoms with Crippen molar-refractivity contribution in [2.75, 3.05) is 19.8 Å². The van der Waals surface area contributed by atoms with E-state index in [0.717, 1.165) is 26.2 Å². The van der Waals surface area contributed by atoms with Gasteiger partial charge in [0.15, 0.2) is 0 Å². The fraction of sp³-hybridized carbons (Fsp3) is 0.900. The van der Waals surface area contributed by atoms with Crippen LogP contribution in [0, 0.1) is 0 Å². The lowest BCUT2D eigenvalue weighted by Gasteiger charge is -2.26. The molecule has 1 saturated carbocycles. The summed E-state index contributed by atoms with van der Waals surface area (Å²) in [4.78, 5) is 11.3. The van der Waals surface area contributed by atoms with E-state index in [-0.39, 0.29) is 5.91 Å². The van der Waals surface area contributed by atoms with Crippen molar-refractivity contribution in [1.82, 2.24) is 10.6 Å². The summed E-state index contributed by atoms with van der Waals surface area (Å²) in [6.45, 7) is 2.58. The van der Waals surface area contributed by atoms with Crippen LogP contribution in [0.1, 0.15) is 25.7 Å². The normalized spacial score (nSPS) is 21.7. The van der Waals surface area contributed by atoms with Gasteiger partial charge < -0.3 is 15.4 Å². The smallest absolute Gasteiger partial charge is 0.220 e. The predicted octanol–water partition coefficient (Wildman–Crippen LogP) is 0.0336. The van der Waals surface area contributed by atoms with E-state index in [1.165, 1.54) is 12.8 Å². The molecular weight excluding hydrogens is 180 g/mol. The van der Waals surface area contributed by atoms with E-state index in [4.69, 9.17) is 4.74 Å². The minimum Gasteiger partial charge on any atom is -0.378 e. The molecule has 0 unspecified atom stereocenters. The fourth-order valence-corrected chi connectivity index (χ4v) is 1.44. The molecule has 2 fully saturated rings. The molecule has 1 aliphatic heterocycles. The highest BCUT2D eigenvalue weighted by Gasteiger charge is 2.22. The molecule has 0 aromatic rings. The van der Waals surface area contributed by atoms with Gasteiger partial charge in [0.05, 0.1) is 19.3 Å². The lowest BCUT2D eigenvalue weighted by Crippen LogP contribution is -2.46. The molecule has 14 heavy (non-hydrogen) atoms. The summed E-state index contributed by atoms with van der Waals surface area (Å²) < 4.78 is 5.03. The highest BCUT2D eigenvalue weighted by atomic mass is 16.5. The Morgan fingerprint density at radius 3 is 2.64 bits per heavy atom. The molecule has 0 atom stereocenters. The number of nitrogens with one attached hydrogen (secondary N) is 2. The Morgan fingerprint density at radius 1 is 1.29 bits per heavy atom. The second-order valence-electron chi connectivity index (χ2n) is 4.13. The van der Waals surface area contributed by atoms with Crippen molar-refractivity contribution in [3.63, 3.8) is 0 Å². The van der Waals surface area contributed by atoms with Gasteiger partial charge >= 0.3 is 0 Å². The Bertz CT molecular complexity index is 200. The van der Waals surface area contributed by atoms with Crippen molar-refractivity contribution in [3.8, 4) is 0 Å². The second kappa shape index (κ2) is 4.75. The zero-order valence-corrected chi connectivity index (χ0v) is 8.42. The van der Waals surface area contributed by atoms with E-state index in [0.29, 0.717) is 18.5 Å². The van der Waals surface area contributed by atoms with E-state index in [2.05, 4.69) is 10.6 Å². The van der Waals surface area contributed by atoms with Crippen LogP contribution < -0.4 is 10.6 Å². The van der Waals surface area contributed by atoms with Crippen molar-refractivity contribution in [2.24, 2.45) is 0 Å². The van der Waals surface area contributed by atoms with E-state index < -0.39 is 0 Å². The van der Waals surface area contributed by atoms with Crippen molar-refractivity contribution >= 4 is 5.91 Å². The highest BCUT2D eigenvalue weighted by molar-refractivity contribution is 5.76. The number of carbonyl (C=O) groups excluding carboxylic acids is 1. The summed E-state index contributed by atoms with van der Waals surface area (Å²) in [6, 6.07) is 1.02. The third-order valence-corrected chi connectivity index (χ3v) is 2.59. The Labute approximate surface area is 84.4 Å². The molecule has 1 saturated heterocycles. The summed E-state index contributed by atoms with van der Waals surface area (Å²) >= 11 is 0. The van der Waals surface area contributed by atoms with Gasteiger partial charge in [-0.3, -0.25) is 4.79 Å². The van der Waals surface area contributed by atoms with Crippen molar-refractivity contribution in [1.29, 1.82) is 0 Å². The number of carbonyl (C=O) groups is 1. The standard InChI is InChI=1S/C10H18N2O2/c13-10(12-8-3-4-8)2-1-5-11-9-6-14-7-9/h8-9,11H,1-7H2,(H,12,13). The van der Waals surface area contributed by atoms with Gasteiger partial charge in [0.1, 0.15) is 0 Å². The third-order valence-electron chi connectivity index (χ3n) is 2.59. The van der Waals surface area contributed by atoms with Crippen LogP contribution in [0.25, 0.3) is 0 Å². The van der Waals surface area contributed by atoms with Crippen molar-refractivity contribution in [3.05, 3.63) is 0 Å². The predicted molar refractivity (Wildman–Crippen MR) is 53.0 cm³/mol. The van der Waals surface area contributed by atoms with Gasteiger partial charge in [-0.25, -0.2) is 0 Å². The maximum Gasteiger partial charge on any atom is 0.220 e. The van der Waals surface area contributed by atoms with Crippen LogP contribution in [0.15, 0.2) is 0 Å². The molecule has 2 rings (SSSR count). The number of ether oxygens (including phenoxy) is 1. The number of hydrogen-bond acceptors (Lipinski definition) is 3.